The molecule has 33 heavy (non-hydrogen) atoms. The molecule has 1 saturated heterocycles. The van der Waals surface area contributed by atoms with Crippen molar-refractivity contribution in [2.45, 2.75) is 52.2 Å². The Bertz CT molecular complexity index is 1010. The summed E-state index contributed by atoms with van der Waals surface area (Å²) in [5.41, 5.74) is 0.656. The van der Waals surface area contributed by atoms with Gasteiger partial charge in [-0.1, -0.05) is 48.0 Å². The second-order valence-electron chi connectivity index (χ2n) is 9.27. The Kier molecular flexibility index (Phi) is 7.32. The van der Waals surface area contributed by atoms with E-state index >= 15 is 0 Å². The van der Waals surface area contributed by atoms with E-state index in [4.69, 9.17) is 25.8 Å². The van der Waals surface area contributed by atoms with Gasteiger partial charge in [-0.05, 0) is 69.4 Å². The number of benzene rings is 2. The number of halogens is 1. The third-order valence-corrected chi connectivity index (χ3v) is 5.49. The third kappa shape index (κ3) is 6.48. The topological polar surface area (TPSA) is 90.9 Å². The largest absolute Gasteiger partial charge is 0.444 e. The number of carbonyl (C=O) groups excluding carboxylic acids is 3. The van der Waals surface area contributed by atoms with Crippen LogP contribution in [0.4, 0.5) is 4.79 Å². The molecule has 1 fully saturated rings. The van der Waals surface area contributed by atoms with Gasteiger partial charge in [-0.15, -0.1) is 0 Å². The predicted octanol–water partition coefficient (Wildman–Crippen LogP) is 4.90. The lowest BCUT2D eigenvalue weighted by molar-refractivity contribution is -0.201. The van der Waals surface area contributed by atoms with E-state index in [-0.39, 0.29) is 6.42 Å². The first-order chi connectivity index (χ1) is 15.5. The zero-order valence-corrected chi connectivity index (χ0v) is 19.9. The van der Waals surface area contributed by atoms with E-state index in [1.165, 1.54) is 6.92 Å². The summed E-state index contributed by atoms with van der Waals surface area (Å²) in [4.78, 5) is 37.2. The summed E-state index contributed by atoms with van der Waals surface area (Å²) in [7, 11) is 0. The zero-order chi connectivity index (χ0) is 24.2. The number of nitrogens with one attached hydrogen (secondary N) is 1. The predicted molar refractivity (Wildman–Crippen MR) is 124 cm³/mol. The maximum atomic E-state index is 12.5. The van der Waals surface area contributed by atoms with Crippen LogP contribution in [0.1, 0.15) is 39.7 Å². The average Bonchev–Trinajstić information content (AvgIpc) is 2.71. The van der Waals surface area contributed by atoms with Gasteiger partial charge in [0.25, 0.3) is 0 Å². The Morgan fingerprint density at radius 2 is 1.73 bits per heavy atom. The highest BCUT2D eigenvalue weighted by atomic mass is 35.5. The van der Waals surface area contributed by atoms with Gasteiger partial charge in [0.05, 0.1) is 0 Å². The quantitative estimate of drug-likeness (QED) is 0.474. The molecule has 8 heteroatoms. The highest BCUT2D eigenvalue weighted by Crippen LogP contribution is 2.31. The lowest BCUT2D eigenvalue weighted by Gasteiger charge is -2.33. The summed E-state index contributed by atoms with van der Waals surface area (Å²) < 4.78 is 15.3. The molecule has 2 aromatic carbocycles. The van der Waals surface area contributed by atoms with Crippen LogP contribution >= 0.6 is 11.6 Å². The zero-order valence-electron chi connectivity index (χ0n) is 19.1. The molecule has 0 aromatic heterocycles. The van der Waals surface area contributed by atoms with Gasteiger partial charge in [0.15, 0.2) is 5.41 Å². The van der Waals surface area contributed by atoms with E-state index in [9.17, 15) is 14.4 Å². The molecule has 0 bridgehead atoms. The van der Waals surface area contributed by atoms with E-state index in [2.05, 4.69) is 5.32 Å². The van der Waals surface area contributed by atoms with Gasteiger partial charge in [-0.3, -0.25) is 9.59 Å². The highest BCUT2D eigenvalue weighted by molar-refractivity contribution is 6.30. The minimum absolute atomic E-state index is 0.0000455. The smallest absolute Gasteiger partial charge is 0.407 e. The van der Waals surface area contributed by atoms with Crippen LogP contribution in [-0.4, -0.2) is 36.5 Å². The molecule has 0 spiro atoms. The lowest BCUT2D eigenvalue weighted by atomic mass is 9.81. The summed E-state index contributed by atoms with van der Waals surface area (Å²) in [5.74, 6) is -1.35. The summed E-state index contributed by atoms with van der Waals surface area (Å²) in [6, 6.07) is 14.7. The molecule has 0 aliphatic carbocycles. The molecule has 1 aliphatic heterocycles. The maximum Gasteiger partial charge on any atom is 0.407 e. The van der Waals surface area contributed by atoms with Crippen molar-refractivity contribution in [3.8, 4) is 11.1 Å². The van der Waals surface area contributed by atoms with Gasteiger partial charge in [0.1, 0.15) is 5.60 Å². The maximum absolute atomic E-state index is 12.5. The fraction of sp³-hybridized carbons (Fsp3) is 0.400. The fourth-order valence-electron chi connectivity index (χ4n) is 3.63. The van der Waals surface area contributed by atoms with Crippen LogP contribution in [0, 0.1) is 5.41 Å². The molecule has 0 unspecified atom stereocenters. The van der Waals surface area contributed by atoms with Gasteiger partial charge < -0.3 is 19.5 Å². The summed E-state index contributed by atoms with van der Waals surface area (Å²) in [6.07, 6.45) is -0.269. The molecule has 1 atom stereocenters. The van der Waals surface area contributed by atoms with E-state index in [1.54, 1.807) is 20.8 Å². The molecule has 0 saturated carbocycles. The monoisotopic (exact) mass is 473 g/mol. The van der Waals surface area contributed by atoms with Crippen LogP contribution in [0.3, 0.4) is 0 Å². The first-order valence-electron chi connectivity index (χ1n) is 10.7. The molecule has 1 heterocycles. The van der Waals surface area contributed by atoms with Crippen LogP contribution in [0.25, 0.3) is 11.1 Å². The number of amides is 1. The number of esters is 2. The van der Waals surface area contributed by atoms with Gasteiger partial charge in [0, 0.05) is 11.1 Å². The van der Waals surface area contributed by atoms with Crippen LogP contribution in [0.2, 0.25) is 5.02 Å². The van der Waals surface area contributed by atoms with E-state index in [0.717, 1.165) is 16.7 Å². The second kappa shape index (κ2) is 9.83. The number of hydrogen-bond acceptors (Lipinski definition) is 6. The Hall–Kier alpha value is -3.06. The van der Waals surface area contributed by atoms with Crippen molar-refractivity contribution < 1.29 is 28.6 Å². The Morgan fingerprint density at radius 3 is 2.30 bits per heavy atom. The van der Waals surface area contributed by atoms with Gasteiger partial charge >= 0.3 is 18.0 Å². The number of rotatable bonds is 6. The van der Waals surface area contributed by atoms with Crippen molar-refractivity contribution in [3.05, 3.63) is 59.1 Å². The average molecular weight is 474 g/mol. The number of carbonyl (C=O) groups is 3. The van der Waals surface area contributed by atoms with Crippen LogP contribution in [-0.2, 0) is 30.2 Å². The first-order valence-corrected chi connectivity index (χ1v) is 11.0. The minimum atomic E-state index is -1.53. The van der Waals surface area contributed by atoms with Crippen molar-refractivity contribution in [2.24, 2.45) is 5.41 Å². The number of alkyl carbamates (subject to hydrolysis) is 1. The summed E-state index contributed by atoms with van der Waals surface area (Å²) >= 11 is 6.09. The SMILES string of the molecule is CC(C)(C)OC(=O)N[C@H](Cc1ccc(-c2cccc(Cl)c2)cc1)CC1(C)C(=O)OCOC1=O. The molecular formula is C25H28ClNO6. The van der Waals surface area contributed by atoms with E-state index in [0.29, 0.717) is 11.4 Å². The minimum Gasteiger partial charge on any atom is -0.444 e. The van der Waals surface area contributed by atoms with E-state index in [1.807, 2.05) is 48.5 Å². The molecule has 2 aromatic rings. The molecule has 1 aliphatic rings. The molecular weight excluding hydrogens is 446 g/mol. The van der Waals surface area contributed by atoms with Crippen LogP contribution < -0.4 is 5.32 Å². The molecule has 1 amide bonds. The third-order valence-electron chi connectivity index (χ3n) is 5.25. The molecule has 1 N–H and O–H groups in total. The van der Waals surface area contributed by atoms with Gasteiger partial charge in [0.2, 0.25) is 6.79 Å². The van der Waals surface area contributed by atoms with Crippen molar-refractivity contribution >= 4 is 29.6 Å². The molecule has 3 rings (SSSR count). The lowest BCUT2D eigenvalue weighted by Crippen LogP contribution is -2.50. The number of cyclic esters (lactones) is 2. The van der Waals surface area contributed by atoms with Gasteiger partial charge in [-0.2, -0.15) is 0 Å². The Balaban J connectivity index is 1.80. The van der Waals surface area contributed by atoms with Gasteiger partial charge in [-0.25, -0.2) is 4.79 Å². The van der Waals surface area contributed by atoms with Crippen molar-refractivity contribution in [2.75, 3.05) is 6.79 Å². The van der Waals surface area contributed by atoms with Crippen molar-refractivity contribution in [1.29, 1.82) is 0 Å². The second-order valence-corrected chi connectivity index (χ2v) is 9.71. The first kappa shape index (κ1) is 24.6. The number of ether oxygens (including phenoxy) is 3. The molecule has 0 radical (unpaired) electrons. The number of hydrogen-bond donors (Lipinski definition) is 1. The Labute approximate surface area is 198 Å². The Morgan fingerprint density at radius 1 is 1.09 bits per heavy atom. The van der Waals surface area contributed by atoms with Crippen molar-refractivity contribution in [1.82, 2.24) is 5.32 Å². The summed E-state index contributed by atoms with van der Waals surface area (Å²) in [6.45, 7) is 6.33. The van der Waals surface area contributed by atoms with Crippen LogP contribution in [0.5, 0.6) is 0 Å². The fourth-order valence-corrected chi connectivity index (χ4v) is 3.82. The van der Waals surface area contributed by atoms with Crippen LogP contribution in [0.15, 0.2) is 48.5 Å². The summed E-state index contributed by atoms with van der Waals surface area (Å²) in [5, 5.41) is 3.45. The highest BCUT2D eigenvalue weighted by Gasteiger charge is 2.49. The molecule has 176 valence electrons. The van der Waals surface area contributed by atoms with E-state index < -0.39 is 41.9 Å². The molecule has 7 nitrogen and oxygen atoms in total. The standard InChI is InChI=1S/C25H28ClNO6/c1-24(2,3)33-23(30)27-20(14-25(4)21(28)31-15-32-22(25)29)12-16-8-10-17(11-9-16)18-6-5-7-19(26)13-18/h5-11,13,20H,12,14-15H2,1-4H3,(H,27,30)/t20-/m1/s1. The van der Waals surface area contributed by atoms with Crippen molar-refractivity contribution in [3.63, 3.8) is 0 Å². The normalized spacial score (nSPS) is 16.4.